The lowest BCUT2D eigenvalue weighted by molar-refractivity contribution is -0.119. The van der Waals surface area contributed by atoms with Gasteiger partial charge in [-0.2, -0.15) is 0 Å². The number of Topliss-reactive ketones (excluding diaryl/α,β-unsaturated/α-hetero) is 1. The molecule has 1 aliphatic heterocycles. The van der Waals surface area contributed by atoms with Gasteiger partial charge in [0.25, 0.3) is 0 Å². The van der Waals surface area contributed by atoms with Crippen LogP contribution in [0.2, 0.25) is 0 Å². The summed E-state index contributed by atoms with van der Waals surface area (Å²) < 4.78 is 0. The van der Waals surface area contributed by atoms with Crippen molar-refractivity contribution in [3.8, 4) is 5.75 Å². The van der Waals surface area contributed by atoms with Gasteiger partial charge in [-0.3, -0.25) is 4.79 Å². The Balaban J connectivity index is 2.27. The van der Waals surface area contributed by atoms with Crippen molar-refractivity contribution in [3.63, 3.8) is 0 Å². The second kappa shape index (κ2) is 3.42. The molecule has 2 rings (SSSR count). The third kappa shape index (κ3) is 1.63. The Morgan fingerprint density at radius 2 is 2.29 bits per heavy atom. The molecule has 14 heavy (non-hydrogen) atoms. The van der Waals surface area contributed by atoms with Crippen molar-refractivity contribution in [2.75, 3.05) is 0 Å². The number of carbonyl (C=O) groups is 1. The maximum absolute atomic E-state index is 11.2. The molecule has 0 aliphatic carbocycles. The van der Waals surface area contributed by atoms with E-state index in [2.05, 4.69) is 5.32 Å². The smallest absolute Gasteiger partial charge is 0.147 e. The molecule has 0 saturated heterocycles. The van der Waals surface area contributed by atoms with E-state index in [4.69, 9.17) is 0 Å². The highest BCUT2D eigenvalue weighted by molar-refractivity contribution is 5.82. The molecule has 1 aromatic carbocycles. The van der Waals surface area contributed by atoms with Gasteiger partial charge in [-0.15, -0.1) is 0 Å². The molecule has 1 atom stereocenters. The number of ketones is 1. The summed E-state index contributed by atoms with van der Waals surface area (Å²) >= 11 is 0. The molecule has 1 heterocycles. The lowest BCUT2D eigenvalue weighted by Crippen LogP contribution is -2.40. The number of nitrogens with one attached hydrogen (secondary N) is 1. The van der Waals surface area contributed by atoms with E-state index in [1.165, 1.54) is 0 Å². The van der Waals surface area contributed by atoms with Gasteiger partial charge in [-0.1, -0.05) is 6.07 Å². The van der Waals surface area contributed by atoms with Crippen LogP contribution in [0.4, 0.5) is 0 Å². The fraction of sp³-hybridized carbons (Fsp3) is 0.364. The number of fused-ring (bicyclic) bond motifs is 1. The van der Waals surface area contributed by atoms with E-state index in [-0.39, 0.29) is 17.6 Å². The zero-order valence-corrected chi connectivity index (χ0v) is 8.08. The number of hydrogen-bond donors (Lipinski definition) is 2. The minimum Gasteiger partial charge on any atom is -0.508 e. The molecular formula is C11H13NO2. The van der Waals surface area contributed by atoms with Gasteiger partial charge in [0.15, 0.2) is 0 Å². The van der Waals surface area contributed by atoms with Gasteiger partial charge in [0.1, 0.15) is 11.5 Å². The van der Waals surface area contributed by atoms with Crippen LogP contribution in [-0.2, 0) is 17.8 Å². The molecule has 3 nitrogen and oxygen atoms in total. The number of rotatable bonds is 1. The highest BCUT2D eigenvalue weighted by Crippen LogP contribution is 2.21. The Bertz CT molecular complexity index is 374. The molecule has 0 bridgehead atoms. The van der Waals surface area contributed by atoms with Crippen LogP contribution in [0.1, 0.15) is 18.1 Å². The van der Waals surface area contributed by atoms with Crippen molar-refractivity contribution in [2.24, 2.45) is 0 Å². The minimum absolute atomic E-state index is 0.0629. The average Bonchev–Trinajstić information content (AvgIpc) is 2.16. The monoisotopic (exact) mass is 191 g/mol. The van der Waals surface area contributed by atoms with Crippen molar-refractivity contribution in [2.45, 2.75) is 25.9 Å². The second-order valence-electron chi connectivity index (χ2n) is 3.70. The van der Waals surface area contributed by atoms with Crippen LogP contribution in [0.5, 0.6) is 5.75 Å². The summed E-state index contributed by atoms with van der Waals surface area (Å²) in [4.78, 5) is 11.2. The summed E-state index contributed by atoms with van der Waals surface area (Å²) in [5, 5.41) is 12.4. The molecule has 74 valence electrons. The summed E-state index contributed by atoms with van der Waals surface area (Å²) in [5.74, 6) is 0.454. The molecule has 2 N–H and O–H groups in total. The summed E-state index contributed by atoms with van der Waals surface area (Å²) in [7, 11) is 0. The van der Waals surface area contributed by atoms with Crippen LogP contribution >= 0.6 is 0 Å². The number of hydrogen-bond acceptors (Lipinski definition) is 3. The first kappa shape index (κ1) is 9.21. The molecule has 3 heteroatoms. The van der Waals surface area contributed by atoms with E-state index in [1.807, 2.05) is 6.07 Å². The quantitative estimate of drug-likeness (QED) is 0.696. The standard InChI is InChI=1S/C11H13NO2/c1-7(13)11-5-8-2-3-10(14)4-9(8)6-12-11/h2-4,11-12,14H,5-6H2,1H3. The second-order valence-corrected chi connectivity index (χ2v) is 3.70. The number of phenolic OH excluding ortho intramolecular Hbond substituents is 1. The Labute approximate surface area is 82.8 Å². The normalized spacial score (nSPS) is 20.2. The fourth-order valence-corrected chi connectivity index (χ4v) is 1.79. The van der Waals surface area contributed by atoms with Gasteiger partial charge >= 0.3 is 0 Å². The van der Waals surface area contributed by atoms with Crippen molar-refractivity contribution in [3.05, 3.63) is 29.3 Å². The topological polar surface area (TPSA) is 49.3 Å². The van der Waals surface area contributed by atoms with Crippen LogP contribution in [-0.4, -0.2) is 16.9 Å². The van der Waals surface area contributed by atoms with Gasteiger partial charge in [-0.05, 0) is 36.6 Å². The zero-order valence-electron chi connectivity index (χ0n) is 8.08. The third-order valence-electron chi connectivity index (χ3n) is 2.64. The van der Waals surface area contributed by atoms with Crippen molar-refractivity contribution >= 4 is 5.78 Å². The van der Waals surface area contributed by atoms with Crippen LogP contribution in [0, 0.1) is 0 Å². The Morgan fingerprint density at radius 3 is 3.00 bits per heavy atom. The van der Waals surface area contributed by atoms with Crippen LogP contribution < -0.4 is 5.32 Å². The molecule has 0 amide bonds. The third-order valence-corrected chi connectivity index (χ3v) is 2.64. The predicted molar refractivity (Wildman–Crippen MR) is 53.1 cm³/mol. The summed E-state index contributed by atoms with van der Waals surface area (Å²) in [5.41, 5.74) is 2.24. The van der Waals surface area contributed by atoms with E-state index in [0.717, 1.165) is 17.5 Å². The van der Waals surface area contributed by atoms with Gasteiger partial charge in [0, 0.05) is 6.54 Å². The van der Waals surface area contributed by atoms with E-state index in [0.29, 0.717) is 6.54 Å². The molecule has 1 aliphatic rings. The van der Waals surface area contributed by atoms with E-state index in [1.54, 1.807) is 19.1 Å². The van der Waals surface area contributed by atoms with Gasteiger partial charge < -0.3 is 10.4 Å². The predicted octanol–water partition coefficient (Wildman–Crippen LogP) is 0.995. The van der Waals surface area contributed by atoms with Crippen LogP contribution in [0.25, 0.3) is 0 Å². The van der Waals surface area contributed by atoms with Gasteiger partial charge in [-0.25, -0.2) is 0 Å². The number of aromatic hydroxyl groups is 1. The highest BCUT2D eigenvalue weighted by Gasteiger charge is 2.20. The molecule has 1 aromatic rings. The first-order chi connectivity index (χ1) is 6.66. The highest BCUT2D eigenvalue weighted by atomic mass is 16.3. The zero-order chi connectivity index (χ0) is 10.1. The van der Waals surface area contributed by atoms with E-state index in [9.17, 15) is 9.90 Å². The molecule has 0 aromatic heterocycles. The van der Waals surface area contributed by atoms with E-state index < -0.39 is 0 Å². The van der Waals surface area contributed by atoms with Crippen molar-refractivity contribution in [1.29, 1.82) is 0 Å². The number of benzene rings is 1. The van der Waals surface area contributed by atoms with Gasteiger partial charge in [0.2, 0.25) is 0 Å². The fourth-order valence-electron chi connectivity index (χ4n) is 1.79. The Morgan fingerprint density at radius 1 is 1.50 bits per heavy atom. The van der Waals surface area contributed by atoms with E-state index >= 15 is 0 Å². The largest absolute Gasteiger partial charge is 0.508 e. The molecule has 0 saturated carbocycles. The van der Waals surface area contributed by atoms with Crippen LogP contribution in [0.15, 0.2) is 18.2 Å². The molecule has 0 spiro atoms. The first-order valence-electron chi connectivity index (χ1n) is 4.71. The first-order valence-corrected chi connectivity index (χ1v) is 4.71. The Hall–Kier alpha value is -1.35. The lowest BCUT2D eigenvalue weighted by atomic mass is 9.94. The number of carbonyl (C=O) groups excluding carboxylic acids is 1. The maximum Gasteiger partial charge on any atom is 0.147 e. The SMILES string of the molecule is CC(=O)C1Cc2ccc(O)cc2CN1. The molecular weight excluding hydrogens is 178 g/mol. The molecule has 0 fully saturated rings. The van der Waals surface area contributed by atoms with Crippen molar-refractivity contribution in [1.82, 2.24) is 5.32 Å². The Kier molecular flexibility index (Phi) is 2.25. The summed E-state index contributed by atoms with van der Waals surface area (Å²) in [6.45, 7) is 2.26. The molecule has 1 unspecified atom stereocenters. The lowest BCUT2D eigenvalue weighted by Gasteiger charge is -2.24. The maximum atomic E-state index is 11.2. The summed E-state index contributed by atoms with van der Waals surface area (Å²) in [6.07, 6.45) is 0.727. The van der Waals surface area contributed by atoms with Crippen LogP contribution in [0.3, 0.4) is 0 Å². The molecule has 0 radical (unpaired) electrons. The van der Waals surface area contributed by atoms with Gasteiger partial charge in [0.05, 0.1) is 6.04 Å². The number of phenols is 1. The average molecular weight is 191 g/mol. The summed E-state index contributed by atoms with van der Waals surface area (Å²) in [6, 6.07) is 5.24. The minimum atomic E-state index is -0.0629. The van der Waals surface area contributed by atoms with Crippen molar-refractivity contribution < 1.29 is 9.90 Å².